The van der Waals surface area contributed by atoms with E-state index in [1.54, 1.807) is 6.20 Å². The van der Waals surface area contributed by atoms with Crippen molar-refractivity contribution in [2.24, 2.45) is 13.0 Å². The summed E-state index contributed by atoms with van der Waals surface area (Å²) >= 11 is 1.39. The summed E-state index contributed by atoms with van der Waals surface area (Å²) in [5.74, 6) is 0.899. The lowest BCUT2D eigenvalue weighted by molar-refractivity contribution is -0.119. The van der Waals surface area contributed by atoms with E-state index >= 15 is 0 Å². The van der Waals surface area contributed by atoms with E-state index in [1.165, 1.54) is 30.2 Å². The largest absolute Gasteiger partial charge is 0.390 e. The van der Waals surface area contributed by atoms with Crippen LogP contribution < -0.4 is 5.32 Å². The maximum absolute atomic E-state index is 12.3. The topological polar surface area (TPSA) is 67.1 Å². The number of benzene rings is 1. The lowest BCUT2D eigenvalue weighted by Gasteiger charge is -2.18. The summed E-state index contributed by atoms with van der Waals surface area (Å²) in [6.45, 7) is -0.0476. The molecule has 1 saturated carbocycles. The van der Waals surface area contributed by atoms with Gasteiger partial charge in [-0.1, -0.05) is 42.1 Å². The number of aromatic nitrogens is 2. The molecule has 1 amide bonds. The molecule has 0 spiro atoms. The van der Waals surface area contributed by atoms with Crippen LogP contribution in [0.25, 0.3) is 0 Å². The summed E-state index contributed by atoms with van der Waals surface area (Å²) in [7, 11) is 1.84. The Kier molecular flexibility index (Phi) is 5.03. The number of thioether (sulfide) groups is 1. The van der Waals surface area contributed by atoms with Crippen LogP contribution in [0.1, 0.15) is 30.1 Å². The van der Waals surface area contributed by atoms with Gasteiger partial charge in [0.15, 0.2) is 5.16 Å². The SMILES string of the molecule is Cn1c(CO)cnc1SCC(=O)NC(c1ccccc1)C1CC1. The monoisotopic (exact) mass is 331 g/mol. The number of imidazole rings is 1. The van der Waals surface area contributed by atoms with Gasteiger partial charge in [0.25, 0.3) is 0 Å². The average molecular weight is 331 g/mol. The van der Waals surface area contributed by atoms with Gasteiger partial charge in [0.05, 0.1) is 30.3 Å². The maximum atomic E-state index is 12.3. The average Bonchev–Trinajstić information content (AvgIpc) is 3.35. The van der Waals surface area contributed by atoms with Crippen molar-refractivity contribution in [2.45, 2.75) is 30.6 Å². The lowest BCUT2D eigenvalue weighted by Crippen LogP contribution is -2.31. The molecular weight excluding hydrogens is 310 g/mol. The summed E-state index contributed by atoms with van der Waals surface area (Å²) < 4.78 is 1.81. The summed E-state index contributed by atoms with van der Waals surface area (Å²) in [6.07, 6.45) is 3.98. The Morgan fingerprint density at radius 2 is 2.17 bits per heavy atom. The Morgan fingerprint density at radius 3 is 2.78 bits per heavy atom. The number of aliphatic hydroxyl groups is 1. The quantitative estimate of drug-likeness (QED) is 0.764. The third-order valence-electron chi connectivity index (χ3n) is 4.10. The van der Waals surface area contributed by atoms with Gasteiger partial charge in [-0.25, -0.2) is 4.98 Å². The van der Waals surface area contributed by atoms with E-state index in [4.69, 9.17) is 0 Å². The van der Waals surface area contributed by atoms with E-state index in [2.05, 4.69) is 22.4 Å². The van der Waals surface area contributed by atoms with Crippen LogP contribution in [0, 0.1) is 5.92 Å². The van der Waals surface area contributed by atoms with Crippen LogP contribution >= 0.6 is 11.8 Å². The zero-order valence-corrected chi connectivity index (χ0v) is 13.9. The van der Waals surface area contributed by atoms with Crippen LogP contribution in [0.2, 0.25) is 0 Å². The van der Waals surface area contributed by atoms with E-state index in [1.807, 2.05) is 29.8 Å². The highest BCUT2D eigenvalue weighted by molar-refractivity contribution is 7.99. The van der Waals surface area contributed by atoms with Gasteiger partial charge in [0, 0.05) is 7.05 Å². The smallest absolute Gasteiger partial charge is 0.230 e. The highest BCUT2D eigenvalue weighted by atomic mass is 32.2. The summed E-state index contributed by atoms with van der Waals surface area (Å²) in [4.78, 5) is 16.5. The molecule has 122 valence electrons. The Labute approximate surface area is 140 Å². The Bertz CT molecular complexity index is 668. The molecule has 1 unspecified atom stereocenters. The predicted octanol–water partition coefficient (Wildman–Crippen LogP) is 2.27. The van der Waals surface area contributed by atoms with Gasteiger partial charge < -0.3 is 15.0 Å². The zero-order chi connectivity index (χ0) is 16.2. The fourth-order valence-electron chi connectivity index (χ4n) is 2.62. The van der Waals surface area contributed by atoms with Gasteiger partial charge in [-0.2, -0.15) is 0 Å². The number of carbonyl (C=O) groups is 1. The molecule has 0 saturated heterocycles. The Morgan fingerprint density at radius 1 is 1.43 bits per heavy atom. The molecule has 0 aliphatic heterocycles. The Balaban J connectivity index is 1.58. The van der Waals surface area contributed by atoms with Gasteiger partial charge in [-0.3, -0.25) is 4.79 Å². The molecule has 1 aromatic carbocycles. The van der Waals surface area contributed by atoms with Gasteiger partial charge in [-0.05, 0) is 24.3 Å². The minimum Gasteiger partial charge on any atom is -0.390 e. The lowest BCUT2D eigenvalue weighted by atomic mass is 10.0. The molecule has 2 N–H and O–H groups in total. The third-order valence-corrected chi connectivity index (χ3v) is 5.15. The van der Waals surface area contributed by atoms with Gasteiger partial charge in [-0.15, -0.1) is 0 Å². The normalized spacial score (nSPS) is 15.4. The van der Waals surface area contributed by atoms with Gasteiger partial charge >= 0.3 is 0 Å². The second kappa shape index (κ2) is 7.19. The van der Waals surface area contributed by atoms with E-state index in [9.17, 15) is 9.90 Å². The predicted molar refractivity (Wildman–Crippen MR) is 89.9 cm³/mol. The number of aliphatic hydroxyl groups excluding tert-OH is 1. The molecular formula is C17H21N3O2S. The van der Waals surface area contributed by atoms with Crippen molar-refractivity contribution >= 4 is 17.7 Å². The minimum absolute atomic E-state index is 0.0179. The van der Waals surface area contributed by atoms with Crippen molar-refractivity contribution in [2.75, 3.05) is 5.75 Å². The molecule has 1 aliphatic rings. The molecule has 6 heteroatoms. The zero-order valence-electron chi connectivity index (χ0n) is 13.1. The maximum Gasteiger partial charge on any atom is 0.230 e. The first-order valence-corrected chi connectivity index (χ1v) is 8.76. The highest BCUT2D eigenvalue weighted by Gasteiger charge is 2.33. The van der Waals surface area contributed by atoms with Crippen LogP contribution in [-0.4, -0.2) is 26.3 Å². The molecule has 2 aromatic rings. The van der Waals surface area contributed by atoms with Crippen LogP contribution in [0.15, 0.2) is 41.7 Å². The number of nitrogens with zero attached hydrogens (tertiary/aromatic N) is 2. The van der Waals surface area contributed by atoms with Crippen LogP contribution in [-0.2, 0) is 18.4 Å². The number of amides is 1. The highest BCUT2D eigenvalue weighted by Crippen LogP contribution is 2.41. The molecule has 23 heavy (non-hydrogen) atoms. The molecule has 3 rings (SSSR count). The van der Waals surface area contributed by atoms with Gasteiger partial charge in [0.1, 0.15) is 0 Å². The van der Waals surface area contributed by atoms with Crippen LogP contribution in [0.5, 0.6) is 0 Å². The standard InChI is InChI=1S/C17H21N3O2S/c1-20-14(10-21)9-18-17(20)23-11-15(22)19-16(13-7-8-13)12-5-3-2-4-6-12/h2-6,9,13,16,21H,7-8,10-11H2,1H3,(H,19,22). The van der Waals surface area contributed by atoms with E-state index in [-0.39, 0.29) is 18.6 Å². The second-order valence-corrected chi connectivity index (χ2v) is 6.77. The van der Waals surface area contributed by atoms with Crippen molar-refractivity contribution in [1.29, 1.82) is 0 Å². The molecule has 0 radical (unpaired) electrons. The number of hydrogen-bond acceptors (Lipinski definition) is 4. The fraction of sp³-hybridized carbons (Fsp3) is 0.412. The fourth-order valence-corrected chi connectivity index (χ4v) is 3.40. The van der Waals surface area contributed by atoms with Crippen molar-refractivity contribution in [1.82, 2.24) is 14.9 Å². The molecule has 1 atom stereocenters. The van der Waals surface area contributed by atoms with Crippen LogP contribution in [0.4, 0.5) is 0 Å². The first-order valence-electron chi connectivity index (χ1n) is 7.77. The molecule has 5 nitrogen and oxygen atoms in total. The number of rotatable bonds is 7. The van der Waals surface area contributed by atoms with E-state index < -0.39 is 0 Å². The molecule has 0 bridgehead atoms. The molecule has 1 fully saturated rings. The minimum atomic E-state index is -0.0476. The number of hydrogen-bond donors (Lipinski definition) is 2. The summed E-state index contributed by atoms with van der Waals surface area (Å²) in [5.41, 5.74) is 1.92. The molecule has 1 aliphatic carbocycles. The van der Waals surface area contributed by atoms with E-state index in [0.29, 0.717) is 11.7 Å². The van der Waals surface area contributed by atoms with Crippen molar-refractivity contribution in [3.8, 4) is 0 Å². The third kappa shape index (κ3) is 3.95. The van der Waals surface area contributed by atoms with Gasteiger partial charge in [0.2, 0.25) is 5.91 Å². The van der Waals surface area contributed by atoms with Crippen molar-refractivity contribution < 1.29 is 9.90 Å². The number of nitrogens with one attached hydrogen (secondary N) is 1. The summed E-state index contributed by atoms with van der Waals surface area (Å²) in [6, 6.07) is 10.3. The molecule has 1 aromatic heterocycles. The Hall–Kier alpha value is -1.79. The van der Waals surface area contributed by atoms with E-state index in [0.717, 1.165) is 10.9 Å². The van der Waals surface area contributed by atoms with Crippen LogP contribution in [0.3, 0.4) is 0 Å². The second-order valence-electron chi connectivity index (χ2n) is 5.83. The first kappa shape index (κ1) is 16.1. The molecule has 1 heterocycles. The summed E-state index contributed by atoms with van der Waals surface area (Å²) in [5, 5.41) is 13.1. The first-order chi connectivity index (χ1) is 11.2. The van der Waals surface area contributed by atoms with Crippen molar-refractivity contribution in [3.05, 3.63) is 47.8 Å². The van der Waals surface area contributed by atoms with Crippen molar-refractivity contribution in [3.63, 3.8) is 0 Å². The number of carbonyl (C=O) groups excluding carboxylic acids is 1.